The number of halogens is 3. The fourth-order valence-corrected chi connectivity index (χ4v) is 3.47. The van der Waals surface area contributed by atoms with Crippen LogP contribution in [-0.2, 0) is 6.42 Å². The number of aromatic nitrogens is 4. The van der Waals surface area contributed by atoms with Crippen molar-refractivity contribution in [2.75, 3.05) is 18.5 Å². The Morgan fingerprint density at radius 3 is 2.77 bits per heavy atom. The molecule has 4 N–H and O–H groups in total. The number of aromatic amines is 1. The van der Waals surface area contributed by atoms with Crippen LogP contribution in [0.15, 0.2) is 42.5 Å². The Morgan fingerprint density at radius 2 is 1.97 bits per heavy atom. The molecule has 0 spiro atoms. The molecule has 0 saturated carbocycles. The summed E-state index contributed by atoms with van der Waals surface area (Å²) in [4.78, 5) is 7.92. The van der Waals surface area contributed by atoms with Crippen LogP contribution in [0.3, 0.4) is 0 Å². The van der Waals surface area contributed by atoms with Gasteiger partial charge in [0.15, 0.2) is 5.82 Å². The minimum atomic E-state index is -0.325. The first-order chi connectivity index (χ1) is 14.5. The third kappa shape index (κ3) is 4.62. The Morgan fingerprint density at radius 1 is 1.10 bits per heavy atom. The largest absolute Gasteiger partial charge is 0.492 e. The van der Waals surface area contributed by atoms with Gasteiger partial charge in [-0.1, -0.05) is 17.7 Å². The SMILES string of the molecule is NCCOc1ccc(F)cc1Cc1ccc2[nH]nc(Nc3cc(Cl)nc(Cl)n3)c2c1. The first-order valence-electron chi connectivity index (χ1n) is 9.07. The molecule has 30 heavy (non-hydrogen) atoms. The lowest BCUT2D eigenvalue weighted by Gasteiger charge is -2.11. The van der Waals surface area contributed by atoms with Gasteiger partial charge in [0, 0.05) is 30.0 Å². The number of hydrogen-bond donors (Lipinski definition) is 3. The smallest absolute Gasteiger partial charge is 0.225 e. The maximum absolute atomic E-state index is 13.8. The summed E-state index contributed by atoms with van der Waals surface area (Å²) in [7, 11) is 0. The maximum atomic E-state index is 13.8. The van der Waals surface area contributed by atoms with E-state index in [-0.39, 0.29) is 16.3 Å². The van der Waals surface area contributed by atoms with Gasteiger partial charge in [-0.2, -0.15) is 5.10 Å². The molecule has 7 nitrogen and oxygen atoms in total. The normalized spacial score (nSPS) is 11.1. The molecule has 2 heterocycles. The van der Waals surface area contributed by atoms with Crippen molar-refractivity contribution >= 4 is 45.7 Å². The Balaban J connectivity index is 1.64. The van der Waals surface area contributed by atoms with Gasteiger partial charge in [0.25, 0.3) is 0 Å². The quantitative estimate of drug-likeness (QED) is 0.286. The van der Waals surface area contributed by atoms with Crippen LogP contribution in [-0.4, -0.2) is 33.3 Å². The molecule has 154 valence electrons. The zero-order valence-corrected chi connectivity index (χ0v) is 17.1. The van der Waals surface area contributed by atoms with Crippen LogP contribution in [0.4, 0.5) is 16.0 Å². The maximum Gasteiger partial charge on any atom is 0.225 e. The second-order valence-corrected chi connectivity index (χ2v) is 7.21. The van der Waals surface area contributed by atoms with Crippen molar-refractivity contribution in [3.05, 3.63) is 69.8 Å². The molecule has 0 bridgehead atoms. The van der Waals surface area contributed by atoms with Gasteiger partial charge in [-0.3, -0.25) is 5.10 Å². The Labute approximate surface area is 181 Å². The molecule has 10 heteroatoms. The van der Waals surface area contributed by atoms with Gasteiger partial charge in [-0.25, -0.2) is 14.4 Å². The monoisotopic (exact) mass is 446 g/mol. The number of ether oxygens (including phenoxy) is 1. The van der Waals surface area contributed by atoms with Crippen molar-refractivity contribution in [2.45, 2.75) is 6.42 Å². The molecular weight excluding hydrogens is 430 g/mol. The minimum absolute atomic E-state index is 0.0293. The predicted molar refractivity (Wildman–Crippen MR) is 115 cm³/mol. The molecule has 0 fully saturated rings. The van der Waals surface area contributed by atoms with Gasteiger partial charge in [0.2, 0.25) is 5.28 Å². The molecule has 0 amide bonds. The molecule has 4 rings (SSSR count). The van der Waals surface area contributed by atoms with Crippen molar-refractivity contribution in [1.29, 1.82) is 0 Å². The van der Waals surface area contributed by atoms with Crippen LogP contribution in [0.25, 0.3) is 10.9 Å². The van der Waals surface area contributed by atoms with Crippen molar-refractivity contribution in [1.82, 2.24) is 20.2 Å². The molecule has 0 aliphatic rings. The van der Waals surface area contributed by atoms with E-state index in [1.165, 1.54) is 12.1 Å². The highest BCUT2D eigenvalue weighted by Crippen LogP contribution is 2.28. The average molecular weight is 447 g/mol. The highest BCUT2D eigenvalue weighted by atomic mass is 35.5. The van der Waals surface area contributed by atoms with E-state index in [1.807, 2.05) is 18.2 Å². The minimum Gasteiger partial charge on any atom is -0.492 e. The standard InChI is InChI=1S/C20H17Cl2FN6O/c21-17-10-18(27-20(22)25-17)26-19-14-8-11(1-3-15(14)28-29-19)7-12-9-13(23)2-4-16(12)30-6-5-24/h1-4,8-10H,5-7,24H2,(H2,25,26,27,28,29). The Kier molecular flexibility index (Phi) is 5.98. The molecule has 0 radical (unpaired) electrons. The molecular formula is C20H17Cl2FN6O. The summed E-state index contributed by atoms with van der Waals surface area (Å²) < 4.78 is 19.5. The van der Waals surface area contributed by atoms with Gasteiger partial charge >= 0.3 is 0 Å². The lowest BCUT2D eigenvalue weighted by molar-refractivity contribution is 0.324. The van der Waals surface area contributed by atoms with Gasteiger partial charge in [-0.15, -0.1) is 0 Å². The van der Waals surface area contributed by atoms with E-state index in [9.17, 15) is 4.39 Å². The van der Waals surface area contributed by atoms with E-state index in [0.29, 0.717) is 37.0 Å². The zero-order valence-electron chi connectivity index (χ0n) is 15.6. The van der Waals surface area contributed by atoms with E-state index in [1.54, 1.807) is 12.1 Å². The lowest BCUT2D eigenvalue weighted by atomic mass is 10.0. The number of rotatable bonds is 7. The van der Waals surface area contributed by atoms with Crippen LogP contribution in [0.1, 0.15) is 11.1 Å². The predicted octanol–water partition coefficient (Wildman–Crippen LogP) is 4.47. The molecule has 0 aliphatic heterocycles. The van der Waals surface area contributed by atoms with E-state index < -0.39 is 0 Å². The third-order valence-electron chi connectivity index (χ3n) is 4.33. The van der Waals surface area contributed by atoms with Crippen molar-refractivity contribution in [3.8, 4) is 5.75 Å². The number of nitrogens with one attached hydrogen (secondary N) is 2. The molecule has 0 saturated heterocycles. The van der Waals surface area contributed by atoms with Crippen LogP contribution in [0.5, 0.6) is 5.75 Å². The highest BCUT2D eigenvalue weighted by molar-refractivity contribution is 6.32. The van der Waals surface area contributed by atoms with Crippen molar-refractivity contribution in [3.63, 3.8) is 0 Å². The number of benzene rings is 2. The van der Waals surface area contributed by atoms with E-state index >= 15 is 0 Å². The number of fused-ring (bicyclic) bond motifs is 1. The second-order valence-electron chi connectivity index (χ2n) is 6.49. The topological polar surface area (TPSA) is 102 Å². The van der Waals surface area contributed by atoms with Crippen LogP contribution >= 0.6 is 23.2 Å². The molecule has 0 aliphatic carbocycles. The molecule has 2 aromatic heterocycles. The summed E-state index contributed by atoms with van der Waals surface area (Å²) in [5, 5.41) is 11.4. The van der Waals surface area contributed by atoms with E-state index in [2.05, 4.69) is 25.5 Å². The van der Waals surface area contributed by atoms with Crippen molar-refractivity contribution in [2.24, 2.45) is 5.73 Å². The first-order valence-corrected chi connectivity index (χ1v) is 9.83. The molecule has 0 unspecified atom stereocenters. The van der Waals surface area contributed by atoms with Crippen LogP contribution in [0.2, 0.25) is 10.4 Å². The van der Waals surface area contributed by atoms with Crippen molar-refractivity contribution < 1.29 is 9.13 Å². The van der Waals surface area contributed by atoms with Gasteiger partial charge in [0.05, 0.1) is 5.52 Å². The molecule has 4 aromatic rings. The molecule has 2 aromatic carbocycles. The fourth-order valence-electron chi connectivity index (χ4n) is 3.06. The Hall–Kier alpha value is -2.94. The number of nitrogens with zero attached hydrogens (tertiary/aromatic N) is 3. The van der Waals surface area contributed by atoms with E-state index in [0.717, 1.165) is 22.0 Å². The summed E-state index contributed by atoms with van der Waals surface area (Å²) in [5.41, 5.74) is 8.03. The number of nitrogens with two attached hydrogens (primary N) is 1. The summed E-state index contributed by atoms with van der Waals surface area (Å²) in [5.74, 6) is 1.25. The summed E-state index contributed by atoms with van der Waals surface area (Å²) in [6.07, 6.45) is 0.476. The lowest BCUT2D eigenvalue weighted by Crippen LogP contribution is -2.11. The summed E-state index contributed by atoms with van der Waals surface area (Å²) in [6.45, 7) is 0.738. The third-order valence-corrected chi connectivity index (χ3v) is 4.70. The fraction of sp³-hybridized carbons (Fsp3) is 0.150. The molecule has 0 atom stereocenters. The van der Waals surface area contributed by atoms with Gasteiger partial charge in [0.1, 0.15) is 29.1 Å². The second kappa shape index (κ2) is 8.83. The van der Waals surface area contributed by atoms with Gasteiger partial charge < -0.3 is 15.8 Å². The highest BCUT2D eigenvalue weighted by Gasteiger charge is 2.12. The average Bonchev–Trinajstić information content (AvgIpc) is 3.09. The van der Waals surface area contributed by atoms with Crippen LogP contribution in [0, 0.1) is 5.82 Å². The summed E-state index contributed by atoms with van der Waals surface area (Å²) >= 11 is 11.8. The number of anilines is 2. The van der Waals surface area contributed by atoms with E-state index in [4.69, 9.17) is 33.7 Å². The zero-order chi connectivity index (χ0) is 21.1. The Bertz CT molecular complexity index is 1180. The first kappa shape index (κ1) is 20.3. The summed E-state index contributed by atoms with van der Waals surface area (Å²) in [6, 6.07) is 11.8. The number of hydrogen-bond acceptors (Lipinski definition) is 6. The van der Waals surface area contributed by atoms with Crippen LogP contribution < -0.4 is 15.8 Å². The number of H-pyrrole nitrogens is 1. The van der Waals surface area contributed by atoms with Gasteiger partial charge in [-0.05, 0) is 47.5 Å².